The number of fused-ring (bicyclic) bond motifs is 2. The van der Waals surface area contributed by atoms with E-state index in [0.717, 1.165) is 24.1 Å². The number of benzene rings is 1. The monoisotopic (exact) mass is 244 g/mol. The summed E-state index contributed by atoms with van der Waals surface area (Å²) in [5, 5.41) is 0. The van der Waals surface area contributed by atoms with Crippen LogP contribution in [0.3, 0.4) is 0 Å². The lowest BCUT2D eigenvalue weighted by atomic mass is 10.1. The van der Waals surface area contributed by atoms with E-state index in [-0.39, 0.29) is 17.9 Å². The Morgan fingerprint density at radius 2 is 2.06 bits per heavy atom. The Kier molecular flexibility index (Phi) is 2.40. The van der Waals surface area contributed by atoms with E-state index in [0.29, 0.717) is 12.1 Å². The first kappa shape index (κ1) is 11.3. The van der Waals surface area contributed by atoms with E-state index < -0.39 is 0 Å². The van der Waals surface area contributed by atoms with Crippen LogP contribution in [0.4, 0.5) is 5.69 Å². The summed E-state index contributed by atoms with van der Waals surface area (Å²) in [6.45, 7) is 2.61. The van der Waals surface area contributed by atoms with Crippen LogP contribution in [-0.4, -0.2) is 36.3 Å². The third-order valence-corrected chi connectivity index (χ3v) is 3.96. The van der Waals surface area contributed by atoms with Crippen molar-refractivity contribution in [3.63, 3.8) is 0 Å². The van der Waals surface area contributed by atoms with Crippen LogP contribution in [0, 0.1) is 6.92 Å². The average Bonchev–Trinajstić information content (AvgIpc) is 2.82. The van der Waals surface area contributed by atoms with Crippen LogP contribution < -0.4 is 4.90 Å². The number of nitrogens with zero attached hydrogens (tertiary/aromatic N) is 2. The van der Waals surface area contributed by atoms with Crippen molar-refractivity contribution in [1.82, 2.24) is 4.90 Å². The molecule has 2 aliphatic rings. The topological polar surface area (TPSA) is 40.6 Å². The highest BCUT2D eigenvalue weighted by Gasteiger charge is 2.41. The van der Waals surface area contributed by atoms with Crippen LogP contribution in [0.15, 0.2) is 18.2 Å². The van der Waals surface area contributed by atoms with Crippen LogP contribution in [0.2, 0.25) is 0 Å². The third kappa shape index (κ3) is 1.38. The van der Waals surface area contributed by atoms with Gasteiger partial charge in [-0.25, -0.2) is 0 Å². The van der Waals surface area contributed by atoms with Crippen LogP contribution in [0.25, 0.3) is 0 Å². The van der Waals surface area contributed by atoms with Gasteiger partial charge in [0.05, 0.1) is 11.3 Å². The fourth-order valence-corrected chi connectivity index (χ4v) is 2.96. The maximum atomic E-state index is 12.6. The molecule has 94 valence electrons. The second-order valence-electron chi connectivity index (χ2n) is 5.02. The number of carbonyl (C=O) groups is 2. The zero-order valence-electron chi connectivity index (χ0n) is 10.6. The first-order valence-corrected chi connectivity index (χ1v) is 6.29. The molecule has 3 rings (SSSR count). The summed E-state index contributed by atoms with van der Waals surface area (Å²) in [7, 11) is 1.76. The van der Waals surface area contributed by atoms with Gasteiger partial charge in [-0.1, -0.05) is 12.1 Å². The summed E-state index contributed by atoms with van der Waals surface area (Å²) in [5.41, 5.74) is 2.35. The Morgan fingerprint density at radius 3 is 2.83 bits per heavy atom. The molecule has 2 heterocycles. The van der Waals surface area contributed by atoms with E-state index in [2.05, 4.69) is 0 Å². The first-order valence-electron chi connectivity index (χ1n) is 6.29. The van der Waals surface area contributed by atoms with Gasteiger partial charge in [0.1, 0.15) is 6.04 Å². The van der Waals surface area contributed by atoms with Gasteiger partial charge in [-0.3, -0.25) is 9.59 Å². The largest absolute Gasteiger partial charge is 0.327 e. The number of aryl methyl sites for hydroxylation is 1. The molecule has 2 amide bonds. The molecule has 2 aliphatic heterocycles. The van der Waals surface area contributed by atoms with Crippen LogP contribution in [-0.2, 0) is 4.79 Å². The molecule has 4 heteroatoms. The van der Waals surface area contributed by atoms with Crippen molar-refractivity contribution in [1.29, 1.82) is 0 Å². The highest BCUT2D eigenvalue weighted by atomic mass is 16.2. The number of amides is 2. The molecule has 0 spiro atoms. The van der Waals surface area contributed by atoms with E-state index in [4.69, 9.17) is 0 Å². The highest BCUT2D eigenvalue weighted by molar-refractivity contribution is 6.11. The minimum Gasteiger partial charge on any atom is -0.327 e. The summed E-state index contributed by atoms with van der Waals surface area (Å²) in [4.78, 5) is 28.3. The molecule has 1 saturated heterocycles. The molecule has 0 bridgehead atoms. The van der Waals surface area contributed by atoms with E-state index in [1.807, 2.05) is 25.1 Å². The molecule has 1 aromatic carbocycles. The van der Waals surface area contributed by atoms with Gasteiger partial charge in [0, 0.05) is 13.6 Å². The zero-order valence-corrected chi connectivity index (χ0v) is 10.6. The third-order valence-electron chi connectivity index (χ3n) is 3.96. The number of hydrogen-bond donors (Lipinski definition) is 0. The SMILES string of the molecule is Cc1cccc2c1C(=O)N1CCC[C@H]1C(=O)N2C. The molecule has 1 atom stereocenters. The second-order valence-corrected chi connectivity index (χ2v) is 5.02. The maximum absolute atomic E-state index is 12.6. The Labute approximate surface area is 106 Å². The van der Waals surface area contributed by atoms with Crippen LogP contribution >= 0.6 is 0 Å². The molecule has 0 aliphatic carbocycles. The molecule has 4 nitrogen and oxygen atoms in total. The lowest BCUT2D eigenvalue weighted by molar-refractivity contribution is -0.121. The van der Waals surface area contributed by atoms with Gasteiger partial charge < -0.3 is 9.80 Å². The van der Waals surface area contributed by atoms with Crippen molar-refractivity contribution in [2.45, 2.75) is 25.8 Å². The minimum atomic E-state index is -0.269. The summed E-state index contributed by atoms with van der Waals surface area (Å²) in [6.07, 6.45) is 1.69. The van der Waals surface area contributed by atoms with Crippen molar-refractivity contribution >= 4 is 17.5 Å². The Bertz CT molecular complexity index is 539. The summed E-state index contributed by atoms with van der Waals surface area (Å²) >= 11 is 0. The summed E-state index contributed by atoms with van der Waals surface area (Å²) in [5.74, 6) is 0.0356. The Morgan fingerprint density at radius 1 is 1.28 bits per heavy atom. The first-order chi connectivity index (χ1) is 8.61. The molecular formula is C14H16N2O2. The summed E-state index contributed by atoms with van der Waals surface area (Å²) < 4.78 is 0. The van der Waals surface area contributed by atoms with E-state index >= 15 is 0 Å². The second kappa shape index (κ2) is 3.83. The lowest BCUT2D eigenvalue weighted by Gasteiger charge is -2.22. The number of anilines is 1. The minimum absolute atomic E-state index is 0.00306. The fraction of sp³-hybridized carbons (Fsp3) is 0.429. The molecule has 1 aromatic rings. The van der Waals surface area contributed by atoms with Crippen molar-refractivity contribution in [3.8, 4) is 0 Å². The van der Waals surface area contributed by atoms with Gasteiger partial charge in [0.2, 0.25) is 5.91 Å². The average molecular weight is 244 g/mol. The lowest BCUT2D eigenvalue weighted by Crippen LogP contribution is -2.43. The van der Waals surface area contributed by atoms with Gasteiger partial charge in [-0.05, 0) is 31.4 Å². The van der Waals surface area contributed by atoms with Gasteiger partial charge >= 0.3 is 0 Å². The van der Waals surface area contributed by atoms with Crippen molar-refractivity contribution in [2.24, 2.45) is 0 Å². The predicted molar refractivity (Wildman–Crippen MR) is 68.6 cm³/mol. The van der Waals surface area contributed by atoms with Gasteiger partial charge in [-0.15, -0.1) is 0 Å². The van der Waals surface area contributed by atoms with Gasteiger partial charge in [-0.2, -0.15) is 0 Å². The van der Waals surface area contributed by atoms with E-state index in [1.165, 1.54) is 0 Å². The smallest absolute Gasteiger partial charge is 0.256 e. The molecule has 0 aromatic heterocycles. The number of hydrogen-bond acceptors (Lipinski definition) is 2. The Balaban J connectivity index is 2.22. The number of likely N-dealkylation sites (N-methyl/N-ethyl adjacent to an activating group) is 1. The highest BCUT2D eigenvalue weighted by Crippen LogP contribution is 2.32. The molecule has 0 unspecified atom stereocenters. The number of rotatable bonds is 0. The van der Waals surface area contributed by atoms with Crippen LogP contribution in [0.1, 0.15) is 28.8 Å². The van der Waals surface area contributed by atoms with Crippen molar-refractivity contribution in [2.75, 3.05) is 18.5 Å². The molecule has 0 radical (unpaired) electrons. The van der Waals surface area contributed by atoms with Crippen molar-refractivity contribution < 1.29 is 9.59 Å². The zero-order chi connectivity index (χ0) is 12.9. The summed E-state index contributed by atoms with van der Waals surface area (Å²) in [6, 6.07) is 5.39. The van der Waals surface area contributed by atoms with Crippen LogP contribution in [0.5, 0.6) is 0 Å². The standard InChI is InChI=1S/C14H16N2O2/c1-9-5-3-6-10-12(9)14(18)16-8-4-7-11(16)13(17)15(10)2/h3,5-6,11H,4,7-8H2,1-2H3/t11-/m0/s1. The molecule has 0 N–H and O–H groups in total. The van der Waals surface area contributed by atoms with E-state index in [1.54, 1.807) is 16.8 Å². The molecule has 1 fully saturated rings. The number of carbonyl (C=O) groups excluding carboxylic acids is 2. The van der Waals surface area contributed by atoms with E-state index in [9.17, 15) is 9.59 Å². The van der Waals surface area contributed by atoms with Gasteiger partial charge in [0.15, 0.2) is 0 Å². The maximum Gasteiger partial charge on any atom is 0.256 e. The van der Waals surface area contributed by atoms with Crippen molar-refractivity contribution in [3.05, 3.63) is 29.3 Å². The Hall–Kier alpha value is -1.84. The normalized spacial score (nSPS) is 22.9. The quantitative estimate of drug-likeness (QED) is 0.695. The van der Waals surface area contributed by atoms with Gasteiger partial charge in [0.25, 0.3) is 5.91 Å². The molecular weight excluding hydrogens is 228 g/mol. The molecule has 18 heavy (non-hydrogen) atoms. The fourth-order valence-electron chi connectivity index (χ4n) is 2.96. The molecule has 0 saturated carbocycles. The predicted octanol–water partition coefficient (Wildman–Crippen LogP) is 1.58.